The summed E-state index contributed by atoms with van der Waals surface area (Å²) in [6.07, 6.45) is 1.54. The topological polar surface area (TPSA) is 45.2 Å². The number of carbonyl (C=O) groups excluding carboxylic acids is 1. The Labute approximate surface area is 114 Å². The lowest BCUT2D eigenvalue weighted by Crippen LogP contribution is -2.16. The van der Waals surface area contributed by atoms with Crippen molar-refractivity contribution in [3.05, 3.63) is 39.8 Å². The number of amides is 1. The third kappa shape index (κ3) is 2.80. The number of hydrogen-bond donors (Lipinski definition) is 1. The fourth-order valence-electron chi connectivity index (χ4n) is 1.51. The van der Waals surface area contributed by atoms with Crippen molar-refractivity contribution >= 4 is 40.2 Å². The second-order valence-corrected chi connectivity index (χ2v) is 5.20. The van der Waals surface area contributed by atoms with Crippen LogP contribution in [0.15, 0.2) is 29.9 Å². The predicted octanol–water partition coefficient (Wildman–Crippen LogP) is 3.11. The molecule has 0 fully saturated rings. The first-order valence-electron chi connectivity index (χ1n) is 5.24. The molecule has 94 valence electrons. The van der Waals surface area contributed by atoms with Gasteiger partial charge in [-0.25, -0.2) is 0 Å². The fraction of sp³-hybridized carbons (Fsp3) is 0.167. The summed E-state index contributed by atoms with van der Waals surface area (Å²) >= 11 is 7.25. The van der Waals surface area contributed by atoms with Crippen molar-refractivity contribution in [2.75, 3.05) is 24.3 Å². The lowest BCUT2D eigenvalue weighted by atomic mass is 10.2. The minimum atomic E-state index is -0.178. The van der Waals surface area contributed by atoms with E-state index in [1.807, 2.05) is 25.1 Å². The van der Waals surface area contributed by atoms with Crippen molar-refractivity contribution in [2.45, 2.75) is 0 Å². The van der Waals surface area contributed by atoms with Crippen LogP contribution in [0.1, 0.15) is 9.67 Å². The van der Waals surface area contributed by atoms with Gasteiger partial charge >= 0.3 is 0 Å². The van der Waals surface area contributed by atoms with E-state index in [1.165, 1.54) is 11.3 Å². The number of nitrogens with one attached hydrogen (secondary N) is 1. The van der Waals surface area contributed by atoms with Crippen LogP contribution >= 0.6 is 22.9 Å². The molecule has 0 aliphatic heterocycles. The standard InChI is InChI=1S/C12H12ClN3OS/c1-16(2)10-4-3-8(13)5-9(10)15-12(17)11-6-14-7-18-11/h3-7H,1-2H3,(H,15,17). The Morgan fingerprint density at radius 1 is 1.44 bits per heavy atom. The molecule has 1 aromatic carbocycles. The first kappa shape index (κ1) is 12.9. The van der Waals surface area contributed by atoms with Crippen LogP contribution in [-0.4, -0.2) is 25.0 Å². The Morgan fingerprint density at radius 3 is 2.83 bits per heavy atom. The van der Waals surface area contributed by atoms with Gasteiger partial charge in [-0.1, -0.05) is 11.6 Å². The van der Waals surface area contributed by atoms with E-state index < -0.39 is 0 Å². The number of nitrogens with zero attached hydrogens (tertiary/aromatic N) is 2. The van der Waals surface area contributed by atoms with Gasteiger partial charge in [-0.15, -0.1) is 11.3 Å². The highest BCUT2D eigenvalue weighted by atomic mass is 35.5. The van der Waals surface area contributed by atoms with Crippen molar-refractivity contribution < 1.29 is 4.79 Å². The molecule has 0 unspecified atom stereocenters. The largest absolute Gasteiger partial charge is 0.376 e. The summed E-state index contributed by atoms with van der Waals surface area (Å²) in [5.74, 6) is -0.178. The molecule has 2 rings (SSSR count). The monoisotopic (exact) mass is 281 g/mol. The van der Waals surface area contributed by atoms with E-state index in [0.717, 1.165) is 5.69 Å². The van der Waals surface area contributed by atoms with Crippen molar-refractivity contribution in [1.29, 1.82) is 0 Å². The number of rotatable bonds is 3. The summed E-state index contributed by atoms with van der Waals surface area (Å²) in [6, 6.07) is 5.39. The zero-order valence-electron chi connectivity index (χ0n) is 9.98. The summed E-state index contributed by atoms with van der Waals surface area (Å²) in [7, 11) is 3.82. The minimum Gasteiger partial charge on any atom is -0.376 e. The summed E-state index contributed by atoms with van der Waals surface area (Å²) in [5, 5.41) is 3.42. The molecule has 4 nitrogen and oxygen atoms in total. The van der Waals surface area contributed by atoms with Gasteiger partial charge < -0.3 is 10.2 Å². The summed E-state index contributed by atoms with van der Waals surface area (Å²) < 4.78 is 0. The highest BCUT2D eigenvalue weighted by Crippen LogP contribution is 2.28. The molecular weight excluding hydrogens is 270 g/mol. The number of carbonyl (C=O) groups is 1. The number of benzene rings is 1. The van der Waals surface area contributed by atoms with E-state index in [4.69, 9.17) is 11.6 Å². The van der Waals surface area contributed by atoms with Crippen LogP contribution in [0.25, 0.3) is 0 Å². The van der Waals surface area contributed by atoms with E-state index in [0.29, 0.717) is 15.6 Å². The van der Waals surface area contributed by atoms with Crippen molar-refractivity contribution in [2.24, 2.45) is 0 Å². The first-order valence-corrected chi connectivity index (χ1v) is 6.50. The molecule has 6 heteroatoms. The van der Waals surface area contributed by atoms with E-state index in [-0.39, 0.29) is 5.91 Å². The van der Waals surface area contributed by atoms with Gasteiger partial charge in [0.1, 0.15) is 4.88 Å². The summed E-state index contributed by atoms with van der Waals surface area (Å²) in [4.78, 5) is 18.3. The zero-order chi connectivity index (χ0) is 13.1. The lowest BCUT2D eigenvalue weighted by molar-refractivity contribution is 0.103. The van der Waals surface area contributed by atoms with Gasteiger partial charge in [-0.3, -0.25) is 9.78 Å². The van der Waals surface area contributed by atoms with Gasteiger partial charge in [0.05, 0.1) is 23.1 Å². The molecule has 0 radical (unpaired) electrons. The molecule has 2 aromatic rings. The summed E-state index contributed by atoms with van der Waals surface area (Å²) in [6.45, 7) is 0. The molecule has 1 amide bonds. The number of hydrogen-bond acceptors (Lipinski definition) is 4. The van der Waals surface area contributed by atoms with Crippen molar-refractivity contribution in [3.8, 4) is 0 Å². The van der Waals surface area contributed by atoms with E-state index in [1.54, 1.807) is 23.8 Å². The van der Waals surface area contributed by atoms with Crippen LogP contribution < -0.4 is 10.2 Å². The Kier molecular flexibility index (Phi) is 3.84. The quantitative estimate of drug-likeness (QED) is 0.940. The van der Waals surface area contributed by atoms with E-state index in [2.05, 4.69) is 10.3 Å². The molecule has 0 atom stereocenters. The predicted molar refractivity (Wildman–Crippen MR) is 75.8 cm³/mol. The van der Waals surface area contributed by atoms with Crippen molar-refractivity contribution in [1.82, 2.24) is 4.98 Å². The molecule has 18 heavy (non-hydrogen) atoms. The Morgan fingerprint density at radius 2 is 2.22 bits per heavy atom. The van der Waals surface area contributed by atoms with Crippen LogP contribution in [0, 0.1) is 0 Å². The maximum Gasteiger partial charge on any atom is 0.267 e. The molecule has 0 saturated carbocycles. The van der Waals surface area contributed by atoms with Gasteiger partial charge in [-0.2, -0.15) is 0 Å². The molecule has 0 saturated heterocycles. The maximum atomic E-state index is 12.0. The van der Waals surface area contributed by atoms with Crippen LogP contribution in [0.5, 0.6) is 0 Å². The Hall–Kier alpha value is -1.59. The number of halogens is 1. The first-order chi connectivity index (χ1) is 8.58. The van der Waals surface area contributed by atoms with Crippen molar-refractivity contribution in [3.63, 3.8) is 0 Å². The number of thiazole rings is 1. The molecular formula is C12H12ClN3OS. The Bertz CT molecular complexity index is 554. The molecule has 1 N–H and O–H groups in total. The molecule has 1 aromatic heterocycles. The van der Waals surface area contributed by atoms with Crippen LogP contribution in [-0.2, 0) is 0 Å². The normalized spacial score (nSPS) is 10.2. The van der Waals surface area contributed by atoms with Crippen LogP contribution in [0.2, 0.25) is 5.02 Å². The second-order valence-electron chi connectivity index (χ2n) is 3.88. The van der Waals surface area contributed by atoms with Gasteiger partial charge in [0.25, 0.3) is 5.91 Å². The molecule has 0 bridgehead atoms. The smallest absolute Gasteiger partial charge is 0.267 e. The minimum absolute atomic E-state index is 0.178. The average Bonchev–Trinajstić information content (AvgIpc) is 2.81. The van der Waals surface area contributed by atoms with Gasteiger partial charge in [0, 0.05) is 19.1 Å². The third-order valence-electron chi connectivity index (χ3n) is 2.34. The molecule has 0 aliphatic rings. The average molecular weight is 282 g/mol. The van der Waals surface area contributed by atoms with E-state index in [9.17, 15) is 4.79 Å². The molecule has 0 spiro atoms. The zero-order valence-corrected chi connectivity index (χ0v) is 11.5. The highest BCUT2D eigenvalue weighted by molar-refractivity contribution is 7.11. The van der Waals surface area contributed by atoms with Gasteiger partial charge in [0.15, 0.2) is 0 Å². The van der Waals surface area contributed by atoms with Gasteiger partial charge in [0.2, 0.25) is 0 Å². The number of anilines is 2. The third-order valence-corrected chi connectivity index (χ3v) is 3.35. The second kappa shape index (κ2) is 5.37. The van der Waals surface area contributed by atoms with E-state index >= 15 is 0 Å². The highest BCUT2D eigenvalue weighted by Gasteiger charge is 2.12. The van der Waals surface area contributed by atoms with Crippen LogP contribution in [0.4, 0.5) is 11.4 Å². The molecule has 1 heterocycles. The Balaban J connectivity index is 2.28. The maximum absolute atomic E-state index is 12.0. The molecule has 0 aliphatic carbocycles. The van der Waals surface area contributed by atoms with Gasteiger partial charge in [-0.05, 0) is 18.2 Å². The number of aromatic nitrogens is 1. The lowest BCUT2D eigenvalue weighted by Gasteiger charge is -2.17. The SMILES string of the molecule is CN(C)c1ccc(Cl)cc1NC(=O)c1cncs1. The fourth-order valence-corrected chi connectivity index (χ4v) is 2.20. The summed E-state index contributed by atoms with van der Waals surface area (Å²) in [5.41, 5.74) is 3.21. The van der Waals surface area contributed by atoms with Crippen LogP contribution in [0.3, 0.4) is 0 Å².